The van der Waals surface area contributed by atoms with E-state index in [2.05, 4.69) is 15.7 Å². The smallest absolute Gasteiger partial charge is 0.239 e. The summed E-state index contributed by atoms with van der Waals surface area (Å²) in [6.07, 6.45) is 1.62. The normalized spacial score (nSPS) is 10.9. The van der Waals surface area contributed by atoms with E-state index < -0.39 is 0 Å². The van der Waals surface area contributed by atoms with Gasteiger partial charge in [0, 0.05) is 16.8 Å². The van der Waals surface area contributed by atoms with Crippen LogP contribution in [0.1, 0.15) is 16.7 Å². The zero-order valence-corrected chi connectivity index (χ0v) is 18.6. The minimum atomic E-state index is -0.233. The van der Waals surface area contributed by atoms with Crippen molar-refractivity contribution in [3.8, 4) is 0 Å². The van der Waals surface area contributed by atoms with Crippen molar-refractivity contribution in [1.29, 1.82) is 0 Å². The van der Waals surface area contributed by atoms with Crippen molar-refractivity contribution in [3.05, 3.63) is 76.4 Å². The summed E-state index contributed by atoms with van der Waals surface area (Å²) in [6.45, 7) is 4.57. The molecule has 0 radical (unpaired) electrons. The Morgan fingerprint density at radius 3 is 2.45 bits per heavy atom. The molecule has 8 heteroatoms. The molecule has 0 saturated heterocycles. The first-order chi connectivity index (χ1) is 14.8. The van der Waals surface area contributed by atoms with Gasteiger partial charge in [-0.1, -0.05) is 41.9 Å². The number of carbonyl (C=O) groups is 2. The van der Waals surface area contributed by atoms with Crippen LogP contribution in [0.4, 0.5) is 11.5 Å². The number of anilines is 2. The van der Waals surface area contributed by atoms with Crippen molar-refractivity contribution in [2.24, 2.45) is 0 Å². The summed E-state index contributed by atoms with van der Waals surface area (Å²) < 4.78 is 1.67. The van der Waals surface area contributed by atoms with Crippen LogP contribution in [0.15, 0.2) is 54.7 Å². The predicted octanol–water partition coefficient (Wildman–Crippen LogP) is 3.71. The zero-order valence-electron chi connectivity index (χ0n) is 17.9. The molecule has 0 aliphatic heterocycles. The molecule has 31 heavy (non-hydrogen) atoms. The Hall–Kier alpha value is -3.16. The largest absolute Gasteiger partial charge is 0.325 e. The summed E-state index contributed by atoms with van der Waals surface area (Å²) in [5, 5.41) is 10.7. The number of rotatable bonds is 8. The van der Waals surface area contributed by atoms with Crippen LogP contribution in [0, 0.1) is 13.8 Å². The topological polar surface area (TPSA) is 79.3 Å². The highest BCUT2D eigenvalue weighted by molar-refractivity contribution is 6.31. The molecule has 3 rings (SSSR count). The van der Waals surface area contributed by atoms with Gasteiger partial charge < -0.3 is 10.6 Å². The van der Waals surface area contributed by atoms with Crippen LogP contribution in [0.5, 0.6) is 0 Å². The number of amides is 2. The third-order valence-electron chi connectivity index (χ3n) is 4.97. The van der Waals surface area contributed by atoms with Gasteiger partial charge in [0.2, 0.25) is 11.8 Å². The van der Waals surface area contributed by atoms with Crippen molar-refractivity contribution >= 4 is 34.9 Å². The maximum atomic E-state index is 12.5. The van der Waals surface area contributed by atoms with Crippen molar-refractivity contribution in [2.45, 2.75) is 20.4 Å². The fourth-order valence-electron chi connectivity index (χ4n) is 3.16. The van der Waals surface area contributed by atoms with Crippen LogP contribution in [0.25, 0.3) is 0 Å². The maximum Gasteiger partial charge on any atom is 0.239 e. The number of aryl methyl sites for hydroxylation is 1. The Kier molecular flexibility index (Phi) is 7.44. The summed E-state index contributed by atoms with van der Waals surface area (Å²) in [5.74, 6) is 0.161. The molecule has 0 atom stereocenters. The van der Waals surface area contributed by atoms with E-state index >= 15 is 0 Å². The summed E-state index contributed by atoms with van der Waals surface area (Å²) >= 11 is 6.22. The number of hydrogen-bond acceptors (Lipinski definition) is 4. The van der Waals surface area contributed by atoms with Gasteiger partial charge in [0.05, 0.1) is 25.8 Å². The van der Waals surface area contributed by atoms with E-state index in [1.807, 2.05) is 56.3 Å². The number of nitrogens with one attached hydrogen (secondary N) is 2. The maximum absolute atomic E-state index is 12.5. The molecule has 3 aromatic rings. The van der Waals surface area contributed by atoms with Gasteiger partial charge in [-0.3, -0.25) is 14.5 Å². The fourth-order valence-corrected chi connectivity index (χ4v) is 3.35. The molecule has 2 amide bonds. The molecule has 2 aromatic carbocycles. The monoisotopic (exact) mass is 439 g/mol. The fraction of sp³-hybridized carbons (Fsp3) is 0.261. The molecule has 1 heterocycles. The van der Waals surface area contributed by atoms with Crippen LogP contribution in [-0.2, 0) is 16.1 Å². The van der Waals surface area contributed by atoms with Gasteiger partial charge in [0.15, 0.2) is 0 Å². The highest BCUT2D eigenvalue weighted by Gasteiger charge is 2.14. The molecule has 0 aliphatic carbocycles. The van der Waals surface area contributed by atoms with Gasteiger partial charge >= 0.3 is 0 Å². The van der Waals surface area contributed by atoms with E-state index in [-0.39, 0.29) is 24.9 Å². The Balaban J connectivity index is 1.53. The molecule has 0 spiro atoms. The second-order valence-corrected chi connectivity index (χ2v) is 7.89. The van der Waals surface area contributed by atoms with Gasteiger partial charge in [-0.2, -0.15) is 5.10 Å². The first-order valence-corrected chi connectivity index (χ1v) is 10.3. The highest BCUT2D eigenvalue weighted by Crippen LogP contribution is 2.19. The second kappa shape index (κ2) is 10.2. The standard InChI is InChI=1S/C23H26ClN5O2/c1-16-7-6-10-20(17(16)2)26-22(30)14-28(3)15-23(31)27-21-11-12-25-29(21)13-18-8-4-5-9-19(18)24/h4-12H,13-15H2,1-3H3,(H,26,30)(H,27,31). The van der Waals surface area contributed by atoms with E-state index in [4.69, 9.17) is 11.6 Å². The lowest BCUT2D eigenvalue weighted by Crippen LogP contribution is -2.36. The van der Waals surface area contributed by atoms with Crippen molar-refractivity contribution in [2.75, 3.05) is 30.8 Å². The number of nitrogens with zero attached hydrogens (tertiary/aromatic N) is 3. The van der Waals surface area contributed by atoms with Crippen LogP contribution in [0.2, 0.25) is 5.02 Å². The van der Waals surface area contributed by atoms with Crippen LogP contribution in [-0.4, -0.2) is 46.6 Å². The number of carbonyl (C=O) groups excluding carboxylic acids is 2. The van der Waals surface area contributed by atoms with Crippen LogP contribution < -0.4 is 10.6 Å². The first-order valence-electron chi connectivity index (χ1n) is 9.93. The summed E-state index contributed by atoms with van der Waals surface area (Å²) in [6, 6.07) is 15.0. The van der Waals surface area contributed by atoms with E-state index in [0.29, 0.717) is 17.4 Å². The lowest BCUT2D eigenvalue weighted by atomic mass is 10.1. The third-order valence-corrected chi connectivity index (χ3v) is 5.34. The van der Waals surface area contributed by atoms with Gasteiger partial charge in [0.25, 0.3) is 0 Å². The van der Waals surface area contributed by atoms with Gasteiger partial charge in [-0.25, -0.2) is 4.68 Å². The molecule has 0 aliphatic rings. The molecule has 162 valence electrons. The van der Waals surface area contributed by atoms with Crippen molar-refractivity contribution in [3.63, 3.8) is 0 Å². The third kappa shape index (κ3) is 6.16. The van der Waals surface area contributed by atoms with Gasteiger partial charge in [-0.05, 0) is 49.7 Å². The Bertz CT molecular complexity index is 1080. The Morgan fingerprint density at radius 2 is 1.71 bits per heavy atom. The van der Waals surface area contributed by atoms with E-state index in [0.717, 1.165) is 22.4 Å². The molecule has 0 saturated carbocycles. The molecule has 0 unspecified atom stereocenters. The summed E-state index contributed by atoms with van der Waals surface area (Å²) in [5.41, 5.74) is 3.83. The number of benzene rings is 2. The highest BCUT2D eigenvalue weighted by atomic mass is 35.5. The second-order valence-electron chi connectivity index (χ2n) is 7.48. The Labute approximate surface area is 187 Å². The molecule has 0 fully saturated rings. The molecule has 7 nitrogen and oxygen atoms in total. The molecule has 1 aromatic heterocycles. The minimum absolute atomic E-state index is 0.0670. The number of halogens is 1. The molecular formula is C23H26ClN5O2. The zero-order chi connectivity index (χ0) is 22.4. The van der Waals surface area contributed by atoms with E-state index in [9.17, 15) is 9.59 Å². The number of aromatic nitrogens is 2. The quantitative estimate of drug-likeness (QED) is 0.560. The lowest BCUT2D eigenvalue weighted by molar-refractivity contribution is -0.119. The van der Waals surface area contributed by atoms with Crippen molar-refractivity contribution in [1.82, 2.24) is 14.7 Å². The molecule has 2 N–H and O–H groups in total. The number of likely N-dealkylation sites (N-methyl/N-ethyl adjacent to an activating group) is 1. The average molecular weight is 440 g/mol. The van der Waals surface area contributed by atoms with Crippen LogP contribution >= 0.6 is 11.6 Å². The molecular weight excluding hydrogens is 414 g/mol. The summed E-state index contributed by atoms with van der Waals surface area (Å²) in [4.78, 5) is 26.5. The van der Waals surface area contributed by atoms with E-state index in [1.165, 1.54) is 0 Å². The SMILES string of the molecule is Cc1cccc(NC(=O)CN(C)CC(=O)Nc2ccnn2Cc2ccccc2Cl)c1C. The minimum Gasteiger partial charge on any atom is -0.325 e. The van der Waals surface area contributed by atoms with Crippen LogP contribution in [0.3, 0.4) is 0 Å². The summed E-state index contributed by atoms with van der Waals surface area (Å²) in [7, 11) is 1.73. The molecule has 0 bridgehead atoms. The first kappa shape index (κ1) is 22.5. The van der Waals surface area contributed by atoms with Gasteiger partial charge in [0.1, 0.15) is 5.82 Å². The van der Waals surface area contributed by atoms with E-state index in [1.54, 1.807) is 28.9 Å². The predicted molar refractivity (Wildman–Crippen MR) is 123 cm³/mol. The van der Waals surface area contributed by atoms with Crippen molar-refractivity contribution < 1.29 is 9.59 Å². The number of hydrogen-bond donors (Lipinski definition) is 2. The lowest BCUT2D eigenvalue weighted by Gasteiger charge is -2.17. The van der Waals surface area contributed by atoms with Gasteiger partial charge in [-0.15, -0.1) is 0 Å². The Morgan fingerprint density at radius 1 is 1.00 bits per heavy atom. The average Bonchev–Trinajstić information content (AvgIpc) is 3.13.